The van der Waals surface area contributed by atoms with Gasteiger partial charge in [-0.25, -0.2) is 15.0 Å². The molecule has 0 N–H and O–H groups in total. The molecule has 7 aromatic carbocycles. The van der Waals surface area contributed by atoms with E-state index in [0.717, 1.165) is 16.7 Å². The Kier molecular flexibility index (Phi) is 5.56. The van der Waals surface area contributed by atoms with Crippen molar-refractivity contribution in [3.05, 3.63) is 192 Å². The van der Waals surface area contributed by atoms with Gasteiger partial charge in [0, 0.05) is 27.5 Å². The van der Waals surface area contributed by atoms with Crippen LogP contribution in [-0.2, 0) is 5.41 Å². The van der Waals surface area contributed by atoms with Crippen LogP contribution in [0.2, 0.25) is 0 Å². The molecule has 0 unspecified atom stereocenters. The molecule has 1 aliphatic heterocycles. The summed E-state index contributed by atoms with van der Waals surface area (Å²) >= 11 is 0. The largest absolute Gasteiger partial charge is 0.309 e. The number of aromatic nitrogens is 4. The van der Waals surface area contributed by atoms with Crippen molar-refractivity contribution in [2.75, 3.05) is 0 Å². The third-order valence-corrected chi connectivity index (χ3v) is 10.6. The van der Waals surface area contributed by atoms with Gasteiger partial charge in [0.15, 0.2) is 17.5 Å². The van der Waals surface area contributed by atoms with Crippen molar-refractivity contribution in [2.45, 2.75) is 5.41 Å². The standard InChI is InChI=1S/C46H28N4/c1-3-15-29(16-4-1)43-47-44(30-17-5-2-6-18-30)49-45(48-43)31-27-35-34-21-9-13-25-40(34)50-41-26-14-12-24-38(41)46(39(28-31)42(35)50)36-22-10-7-19-32(36)33-20-8-11-23-37(33)46/h1-28H. The predicted molar refractivity (Wildman–Crippen MR) is 201 cm³/mol. The third kappa shape index (κ3) is 3.57. The Balaban J connectivity index is 1.31. The summed E-state index contributed by atoms with van der Waals surface area (Å²) in [4.78, 5) is 15.4. The highest BCUT2D eigenvalue weighted by atomic mass is 15.0. The summed E-state index contributed by atoms with van der Waals surface area (Å²) in [5.74, 6) is 1.96. The molecule has 0 saturated heterocycles. The van der Waals surface area contributed by atoms with Crippen LogP contribution >= 0.6 is 0 Å². The fraction of sp³-hybridized carbons (Fsp3) is 0.0217. The number of hydrogen-bond donors (Lipinski definition) is 0. The Hall–Kier alpha value is -6.65. The van der Waals surface area contributed by atoms with Crippen LogP contribution in [0.4, 0.5) is 0 Å². The number of para-hydroxylation sites is 2. The monoisotopic (exact) mass is 636 g/mol. The normalized spacial score (nSPS) is 13.4. The summed E-state index contributed by atoms with van der Waals surface area (Å²) < 4.78 is 2.48. The Morgan fingerprint density at radius 3 is 1.52 bits per heavy atom. The molecular weight excluding hydrogens is 609 g/mol. The van der Waals surface area contributed by atoms with E-state index in [-0.39, 0.29) is 0 Å². The molecule has 1 aliphatic carbocycles. The fourth-order valence-corrected chi connectivity index (χ4v) is 8.65. The molecule has 0 atom stereocenters. The molecule has 50 heavy (non-hydrogen) atoms. The predicted octanol–water partition coefficient (Wildman–Crippen LogP) is 10.6. The first-order chi connectivity index (χ1) is 24.8. The summed E-state index contributed by atoms with van der Waals surface area (Å²) in [5, 5.41) is 2.39. The molecule has 0 amide bonds. The van der Waals surface area contributed by atoms with Crippen molar-refractivity contribution in [2.24, 2.45) is 0 Å². The first kappa shape index (κ1) is 27.3. The Labute approximate surface area is 289 Å². The lowest BCUT2D eigenvalue weighted by atomic mass is 9.65. The van der Waals surface area contributed by atoms with Gasteiger partial charge in [-0.1, -0.05) is 146 Å². The highest BCUT2D eigenvalue weighted by Gasteiger charge is 2.50. The maximum Gasteiger partial charge on any atom is 0.164 e. The average molecular weight is 637 g/mol. The van der Waals surface area contributed by atoms with Crippen LogP contribution in [0, 0.1) is 0 Å². The maximum absolute atomic E-state index is 5.21. The maximum atomic E-state index is 5.21. The molecule has 11 rings (SSSR count). The summed E-state index contributed by atoms with van der Waals surface area (Å²) in [5.41, 5.74) is 13.6. The van der Waals surface area contributed by atoms with E-state index in [9.17, 15) is 0 Å². The van der Waals surface area contributed by atoms with Gasteiger partial charge in [-0.2, -0.15) is 0 Å². The Bertz CT molecular complexity index is 2710. The van der Waals surface area contributed by atoms with Gasteiger partial charge in [-0.05, 0) is 57.6 Å². The van der Waals surface area contributed by atoms with E-state index in [4.69, 9.17) is 15.0 Å². The summed E-state index contributed by atoms with van der Waals surface area (Å²) in [6.07, 6.45) is 0. The molecule has 4 nitrogen and oxygen atoms in total. The lowest BCUT2D eigenvalue weighted by molar-refractivity contribution is 0.748. The van der Waals surface area contributed by atoms with Gasteiger partial charge in [0.25, 0.3) is 0 Å². The third-order valence-electron chi connectivity index (χ3n) is 10.6. The topological polar surface area (TPSA) is 43.6 Å². The van der Waals surface area contributed by atoms with Gasteiger partial charge in [-0.3, -0.25) is 0 Å². The van der Waals surface area contributed by atoms with Gasteiger partial charge >= 0.3 is 0 Å². The lowest BCUT2D eigenvalue weighted by Gasteiger charge is -2.39. The zero-order chi connectivity index (χ0) is 32.8. The van der Waals surface area contributed by atoms with E-state index in [1.165, 1.54) is 60.9 Å². The fourth-order valence-electron chi connectivity index (χ4n) is 8.65. The molecule has 232 valence electrons. The number of hydrogen-bond acceptors (Lipinski definition) is 3. The van der Waals surface area contributed by atoms with E-state index < -0.39 is 5.41 Å². The smallest absolute Gasteiger partial charge is 0.164 e. The van der Waals surface area contributed by atoms with Crippen LogP contribution in [0.1, 0.15) is 22.3 Å². The van der Waals surface area contributed by atoms with Gasteiger partial charge < -0.3 is 4.57 Å². The first-order valence-electron chi connectivity index (χ1n) is 17.0. The molecule has 0 bridgehead atoms. The van der Waals surface area contributed by atoms with Crippen LogP contribution in [0.5, 0.6) is 0 Å². The van der Waals surface area contributed by atoms with Gasteiger partial charge in [0.2, 0.25) is 0 Å². The number of rotatable bonds is 3. The first-order valence-corrected chi connectivity index (χ1v) is 17.0. The zero-order valence-corrected chi connectivity index (χ0v) is 27.0. The molecule has 0 fully saturated rings. The summed E-state index contributed by atoms with van der Waals surface area (Å²) in [6.45, 7) is 0. The summed E-state index contributed by atoms with van der Waals surface area (Å²) in [6, 6.07) is 60.7. The van der Waals surface area contributed by atoms with E-state index in [2.05, 4.69) is 138 Å². The van der Waals surface area contributed by atoms with Crippen molar-refractivity contribution in [1.29, 1.82) is 0 Å². The highest BCUT2D eigenvalue weighted by Crippen LogP contribution is 2.61. The minimum atomic E-state index is -0.542. The average Bonchev–Trinajstić information content (AvgIpc) is 3.69. The number of fused-ring (bicyclic) bond motifs is 12. The molecule has 9 aromatic rings. The van der Waals surface area contributed by atoms with Crippen LogP contribution < -0.4 is 0 Å². The molecular formula is C46H28N4. The molecule has 0 saturated carbocycles. The van der Waals surface area contributed by atoms with Crippen molar-refractivity contribution in [3.63, 3.8) is 0 Å². The van der Waals surface area contributed by atoms with E-state index in [0.29, 0.717) is 17.5 Å². The highest BCUT2D eigenvalue weighted by molar-refractivity contribution is 6.14. The quantitative estimate of drug-likeness (QED) is 0.194. The van der Waals surface area contributed by atoms with Gasteiger partial charge in [-0.15, -0.1) is 0 Å². The SMILES string of the molecule is c1ccc(-c2nc(-c3ccccc3)nc(-c3cc4c5c(c3)c3ccccc3n5-c3ccccc3C43c4ccccc4-c4ccccc43)n2)cc1. The molecule has 2 aromatic heterocycles. The van der Waals surface area contributed by atoms with Gasteiger partial charge in [0.05, 0.1) is 22.1 Å². The van der Waals surface area contributed by atoms with Gasteiger partial charge in [0.1, 0.15) is 0 Å². The molecule has 0 radical (unpaired) electrons. The summed E-state index contributed by atoms with van der Waals surface area (Å²) in [7, 11) is 0. The van der Waals surface area contributed by atoms with E-state index in [1.807, 2.05) is 36.4 Å². The zero-order valence-electron chi connectivity index (χ0n) is 27.0. The van der Waals surface area contributed by atoms with Crippen LogP contribution in [-0.4, -0.2) is 19.5 Å². The van der Waals surface area contributed by atoms with Crippen molar-refractivity contribution in [3.8, 4) is 51.0 Å². The second-order valence-electron chi connectivity index (χ2n) is 13.2. The van der Waals surface area contributed by atoms with Crippen LogP contribution in [0.25, 0.3) is 72.8 Å². The van der Waals surface area contributed by atoms with Crippen LogP contribution in [0.15, 0.2) is 170 Å². The minimum Gasteiger partial charge on any atom is -0.309 e. The number of nitrogens with zero attached hydrogens (tertiary/aromatic N) is 4. The number of benzene rings is 7. The Morgan fingerprint density at radius 2 is 0.880 bits per heavy atom. The molecule has 2 aliphatic rings. The van der Waals surface area contributed by atoms with Crippen molar-refractivity contribution >= 4 is 21.8 Å². The van der Waals surface area contributed by atoms with E-state index in [1.54, 1.807) is 0 Å². The van der Waals surface area contributed by atoms with E-state index >= 15 is 0 Å². The second-order valence-corrected chi connectivity index (χ2v) is 13.2. The van der Waals surface area contributed by atoms with Crippen molar-refractivity contribution in [1.82, 2.24) is 19.5 Å². The Morgan fingerprint density at radius 1 is 0.380 bits per heavy atom. The lowest BCUT2D eigenvalue weighted by Crippen LogP contribution is -2.33. The van der Waals surface area contributed by atoms with Crippen molar-refractivity contribution < 1.29 is 0 Å². The minimum absolute atomic E-state index is 0.542. The van der Waals surface area contributed by atoms with Crippen LogP contribution in [0.3, 0.4) is 0 Å². The molecule has 4 heteroatoms. The second kappa shape index (κ2) is 10.2. The molecule has 1 spiro atoms. The molecule has 3 heterocycles.